The lowest BCUT2D eigenvalue weighted by Crippen LogP contribution is -1.86. The van der Waals surface area contributed by atoms with E-state index in [2.05, 4.69) is 9.97 Å². The van der Waals surface area contributed by atoms with Crippen molar-refractivity contribution in [2.75, 3.05) is 0 Å². The Balaban J connectivity index is 2.52. The van der Waals surface area contributed by atoms with Crippen molar-refractivity contribution in [3.05, 3.63) is 35.7 Å². The molecule has 0 atom stereocenters. The van der Waals surface area contributed by atoms with Gasteiger partial charge in [0.15, 0.2) is 5.82 Å². The third-order valence-corrected chi connectivity index (χ3v) is 1.91. The number of hydrogen-bond donors (Lipinski definition) is 2. The number of halogens is 2. The van der Waals surface area contributed by atoms with Crippen molar-refractivity contribution in [2.45, 2.75) is 0 Å². The number of H-pyrrole nitrogens is 1. The number of benzene rings is 1. The van der Waals surface area contributed by atoms with Crippen LogP contribution in [0.2, 0.25) is 0 Å². The standard InChI is InChI=1S/C10H6F2N2O2/c11-5-3-6(12)10-7(4-5)13-8(14-10)1-2-9(15)16/h1-4H,(H,13,14)(H,15,16)/b2-1+. The molecule has 0 unspecified atom stereocenters. The van der Waals surface area contributed by atoms with Crippen molar-refractivity contribution in [1.82, 2.24) is 9.97 Å². The fourth-order valence-electron chi connectivity index (χ4n) is 1.29. The molecular formula is C10H6F2N2O2. The normalized spacial score (nSPS) is 11.4. The van der Waals surface area contributed by atoms with Gasteiger partial charge in [0.05, 0.1) is 5.52 Å². The van der Waals surface area contributed by atoms with Gasteiger partial charge in [0.2, 0.25) is 0 Å². The van der Waals surface area contributed by atoms with Crippen LogP contribution in [0.25, 0.3) is 17.1 Å². The van der Waals surface area contributed by atoms with E-state index in [4.69, 9.17) is 5.11 Å². The number of hydrogen-bond acceptors (Lipinski definition) is 2. The molecule has 0 saturated heterocycles. The van der Waals surface area contributed by atoms with E-state index in [1.807, 2.05) is 0 Å². The molecule has 0 fully saturated rings. The summed E-state index contributed by atoms with van der Waals surface area (Å²) in [5.41, 5.74) is 0.161. The molecule has 16 heavy (non-hydrogen) atoms. The maximum Gasteiger partial charge on any atom is 0.328 e. The van der Waals surface area contributed by atoms with Gasteiger partial charge in [-0.1, -0.05) is 0 Å². The average Bonchev–Trinajstić information content (AvgIpc) is 2.57. The number of fused-ring (bicyclic) bond motifs is 1. The van der Waals surface area contributed by atoms with Crippen LogP contribution in [0.15, 0.2) is 18.2 Å². The van der Waals surface area contributed by atoms with Crippen LogP contribution in [0.1, 0.15) is 5.82 Å². The molecule has 2 N–H and O–H groups in total. The SMILES string of the molecule is O=C(O)/C=C/c1nc2c(F)cc(F)cc2[nH]1. The maximum absolute atomic E-state index is 13.2. The smallest absolute Gasteiger partial charge is 0.328 e. The molecule has 2 aromatic rings. The minimum Gasteiger partial charge on any atom is -0.478 e. The van der Waals surface area contributed by atoms with Gasteiger partial charge in [-0.15, -0.1) is 0 Å². The molecule has 0 aliphatic heterocycles. The molecular weight excluding hydrogens is 218 g/mol. The van der Waals surface area contributed by atoms with Crippen LogP contribution in [0.4, 0.5) is 8.78 Å². The first-order chi connectivity index (χ1) is 7.56. The van der Waals surface area contributed by atoms with Gasteiger partial charge in [0.25, 0.3) is 0 Å². The van der Waals surface area contributed by atoms with Crippen LogP contribution >= 0.6 is 0 Å². The van der Waals surface area contributed by atoms with Gasteiger partial charge in [-0.2, -0.15) is 0 Å². The van der Waals surface area contributed by atoms with Gasteiger partial charge in [-0.25, -0.2) is 18.6 Å². The summed E-state index contributed by atoms with van der Waals surface area (Å²) in [6.07, 6.45) is 2.02. The zero-order valence-electron chi connectivity index (χ0n) is 7.87. The summed E-state index contributed by atoms with van der Waals surface area (Å²) in [5.74, 6) is -2.50. The fourth-order valence-corrected chi connectivity index (χ4v) is 1.29. The predicted molar refractivity (Wildman–Crippen MR) is 52.7 cm³/mol. The largest absolute Gasteiger partial charge is 0.478 e. The van der Waals surface area contributed by atoms with Crippen molar-refractivity contribution >= 4 is 23.1 Å². The summed E-state index contributed by atoms with van der Waals surface area (Å²) in [6.45, 7) is 0. The van der Waals surface area contributed by atoms with Gasteiger partial charge in [0, 0.05) is 12.1 Å². The molecule has 0 spiro atoms. The van der Waals surface area contributed by atoms with Crippen LogP contribution in [-0.4, -0.2) is 21.0 Å². The highest BCUT2D eigenvalue weighted by Gasteiger charge is 2.08. The third-order valence-electron chi connectivity index (χ3n) is 1.91. The lowest BCUT2D eigenvalue weighted by molar-refractivity contribution is -0.131. The van der Waals surface area contributed by atoms with Gasteiger partial charge in [-0.05, 0) is 12.1 Å². The van der Waals surface area contributed by atoms with Gasteiger partial charge < -0.3 is 10.1 Å². The Hall–Kier alpha value is -2.24. The second kappa shape index (κ2) is 3.73. The van der Waals surface area contributed by atoms with Crippen molar-refractivity contribution in [1.29, 1.82) is 0 Å². The second-order valence-electron chi connectivity index (χ2n) is 3.08. The number of carboxylic acids is 1. The van der Waals surface area contributed by atoms with E-state index in [1.165, 1.54) is 6.08 Å². The summed E-state index contributed by atoms with van der Waals surface area (Å²) in [7, 11) is 0. The van der Waals surface area contributed by atoms with Crippen LogP contribution < -0.4 is 0 Å². The van der Waals surface area contributed by atoms with Crippen LogP contribution in [0.5, 0.6) is 0 Å². The Morgan fingerprint density at radius 3 is 2.88 bits per heavy atom. The molecule has 1 aromatic carbocycles. The molecule has 4 nitrogen and oxygen atoms in total. The molecule has 0 saturated carbocycles. The first kappa shape index (κ1) is 10.3. The first-order valence-electron chi connectivity index (χ1n) is 4.32. The molecule has 1 aromatic heterocycles. The highest BCUT2D eigenvalue weighted by molar-refractivity contribution is 5.85. The Morgan fingerprint density at radius 1 is 1.44 bits per heavy atom. The topological polar surface area (TPSA) is 66.0 Å². The molecule has 2 rings (SSSR count). The number of rotatable bonds is 2. The van der Waals surface area contributed by atoms with E-state index in [0.717, 1.165) is 12.1 Å². The van der Waals surface area contributed by atoms with E-state index in [9.17, 15) is 13.6 Å². The Kier molecular flexibility index (Phi) is 2.40. The van der Waals surface area contributed by atoms with Crippen molar-refractivity contribution < 1.29 is 18.7 Å². The first-order valence-corrected chi connectivity index (χ1v) is 4.32. The minimum absolute atomic E-state index is 0.0218. The third kappa shape index (κ3) is 1.90. The maximum atomic E-state index is 13.2. The Morgan fingerprint density at radius 2 is 2.19 bits per heavy atom. The van der Waals surface area contributed by atoms with Crippen molar-refractivity contribution in [2.24, 2.45) is 0 Å². The number of carbonyl (C=O) groups is 1. The number of nitrogens with one attached hydrogen (secondary N) is 1. The van der Waals surface area contributed by atoms with Gasteiger partial charge in [0.1, 0.15) is 17.2 Å². The molecule has 0 radical (unpaired) electrons. The summed E-state index contributed by atoms with van der Waals surface area (Å²) >= 11 is 0. The van der Waals surface area contributed by atoms with Crippen molar-refractivity contribution in [3.63, 3.8) is 0 Å². The van der Waals surface area contributed by atoms with E-state index in [-0.39, 0.29) is 16.9 Å². The highest BCUT2D eigenvalue weighted by atomic mass is 19.1. The summed E-state index contributed by atoms with van der Waals surface area (Å²) in [5, 5.41) is 8.39. The molecule has 0 aliphatic carbocycles. The lowest BCUT2D eigenvalue weighted by atomic mass is 10.3. The molecule has 82 valence electrons. The molecule has 1 heterocycles. The quantitative estimate of drug-likeness (QED) is 0.766. The molecule has 6 heteroatoms. The number of aliphatic carboxylic acids is 1. The average molecular weight is 224 g/mol. The number of imidazole rings is 1. The summed E-state index contributed by atoms with van der Waals surface area (Å²) in [4.78, 5) is 16.6. The Labute approximate surface area is 88.2 Å². The summed E-state index contributed by atoms with van der Waals surface area (Å²) < 4.78 is 26.0. The summed E-state index contributed by atoms with van der Waals surface area (Å²) in [6, 6.07) is 1.80. The number of aromatic nitrogens is 2. The monoisotopic (exact) mass is 224 g/mol. The van der Waals surface area contributed by atoms with Crippen LogP contribution in [-0.2, 0) is 4.79 Å². The number of aromatic amines is 1. The van der Waals surface area contributed by atoms with Gasteiger partial charge >= 0.3 is 5.97 Å². The lowest BCUT2D eigenvalue weighted by Gasteiger charge is -1.90. The van der Waals surface area contributed by atoms with E-state index in [0.29, 0.717) is 6.07 Å². The van der Waals surface area contributed by atoms with E-state index < -0.39 is 17.6 Å². The highest BCUT2D eigenvalue weighted by Crippen LogP contribution is 2.17. The fraction of sp³-hybridized carbons (Fsp3) is 0. The second-order valence-corrected chi connectivity index (χ2v) is 3.08. The van der Waals surface area contributed by atoms with Crippen LogP contribution in [0, 0.1) is 11.6 Å². The zero-order chi connectivity index (χ0) is 11.7. The number of carboxylic acid groups (broad SMARTS) is 1. The number of nitrogens with zero attached hydrogens (tertiary/aromatic N) is 1. The van der Waals surface area contributed by atoms with Gasteiger partial charge in [-0.3, -0.25) is 0 Å². The zero-order valence-corrected chi connectivity index (χ0v) is 7.87. The molecule has 0 aliphatic rings. The minimum atomic E-state index is -1.15. The van der Waals surface area contributed by atoms with E-state index >= 15 is 0 Å². The molecule has 0 amide bonds. The predicted octanol–water partition coefficient (Wildman–Crippen LogP) is 1.94. The Bertz CT molecular complexity index is 590. The van der Waals surface area contributed by atoms with Crippen molar-refractivity contribution in [3.8, 4) is 0 Å². The van der Waals surface area contributed by atoms with Crippen LogP contribution in [0.3, 0.4) is 0 Å². The molecule has 0 bridgehead atoms. The van der Waals surface area contributed by atoms with E-state index in [1.54, 1.807) is 0 Å².